The summed E-state index contributed by atoms with van der Waals surface area (Å²) in [5.41, 5.74) is 10.2. The minimum absolute atomic E-state index is 0.153. The van der Waals surface area contributed by atoms with E-state index < -0.39 is 0 Å². The molecule has 1 nitrogen and oxygen atoms in total. The topological polar surface area (TPSA) is 20.2 Å². The first-order chi connectivity index (χ1) is 11.1. The van der Waals surface area contributed by atoms with E-state index >= 15 is 0 Å². The Kier molecular flexibility index (Phi) is 6.80. The third kappa shape index (κ3) is 4.08. The SMILES string of the molecule is C/C=C(C)/C=C/C=C(\C)c1c(C)c(C)c(C)c(C(C)(C)CO)c1C. The molecule has 1 aromatic carbocycles. The zero-order valence-corrected chi connectivity index (χ0v) is 17.0. The third-order valence-corrected chi connectivity index (χ3v) is 5.25. The first-order valence-corrected chi connectivity index (χ1v) is 8.78. The van der Waals surface area contributed by atoms with Crippen LogP contribution in [0, 0.1) is 27.7 Å². The predicted molar refractivity (Wildman–Crippen MR) is 108 cm³/mol. The maximum atomic E-state index is 9.88. The zero-order valence-electron chi connectivity index (χ0n) is 17.0. The molecule has 0 bridgehead atoms. The van der Waals surface area contributed by atoms with Gasteiger partial charge < -0.3 is 5.11 Å². The molecule has 0 heterocycles. The Hall–Kier alpha value is -1.60. The molecule has 24 heavy (non-hydrogen) atoms. The summed E-state index contributed by atoms with van der Waals surface area (Å²) in [5, 5.41) is 9.88. The van der Waals surface area contributed by atoms with Crippen molar-refractivity contribution in [3.8, 4) is 0 Å². The Labute approximate surface area is 148 Å². The molecular formula is C23H34O. The molecule has 1 N–H and O–H groups in total. The van der Waals surface area contributed by atoms with E-state index in [1.165, 1.54) is 44.5 Å². The van der Waals surface area contributed by atoms with Crippen molar-refractivity contribution in [2.75, 3.05) is 6.61 Å². The van der Waals surface area contributed by atoms with Crippen LogP contribution in [0.1, 0.15) is 68.0 Å². The van der Waals surface area contributed by atoms with E-state index in [0.717, 1.165) is 0 Å². The van der Waals surface area contributed by atoms with Crippen LogP contribution in [0.5, 0.6) is 0 Å². The summed E-state index contributed by atoms with van der Waals surface area (Å²) in [5.74, 6) is 0. The van der Waals surface area contributed by atoms with Crippen LogP contribution in [0.4, 0.5) is 0 Å². The number of benzene rings is 1. The fraction of sp³-hybridized carbons (Fsp3) is 0.478. The Morgan fingerprint density at radius 2 is 1.54 bits per heavy atom. The van der Waals surface area contributed by atoms with Crippen molar-refractivity contribution in [2.45, 2.75) is 67.7 Å². The molecule has 1 aromatic rings. The quantitative estimate of drug-likeness (QED) is 0.647. The second-order valence-electron chi connectivity index (χ2n) is 7.53. The molecule has 132 valence electrons. The highest BCUT2D eigenvalue weighted by Gasteiger charge is 2.27. The fourth-order valence-corrected chi connectivity index (χ4v) is 3.55. The van der Waals surface area contributed by atoms with E-state index in [-0.39, 0.29) is 12.0 Å². The number of hydrogen-bond donors (Lipinski definition) is 1. The highest BCUT2D eigenvalue weighted by atomic mass is 16.3. The molecule has 0 aliphatic rings. The van der Waals surface area contributed by atoms with Gasteiger partial charge in [-0.1, -0.05) is 43.7 Å². The lowest BCUT2D eigenvalue weighted by Crippen LogP contribution is -2.26. The van der Waals surface area contributed by atoms with E-state index in [9.17, 15) is 5.11 Å². The summed E-state index contributed by atoms with van der Waals surface area (Å²) >= 11 is 0. The highest BCUT2D eigenvalue weighted by Crippen LogP contribution is 2.37. The second-order valence-corrected chi connectivity index (χ2v) is 7.53. The summed E-state index contributed by atoms with van der Waals surface area (Å²) in [6.45, 7) is 19.5. The van der Waals surface area contributed by atoms with Gasteiger partial charge in [0.05, 0.1) is 6.61 Å². The first kappa shape index (κ1) is 20.4. The number of hydrogen-bond acceptors (Lipinski definition) is 1. The van der Waals surface area contributed by atoms with Crippen molar-refractivity contribution in [3.63, 3.8) is 0 Å². The molecule has 0 saturated heterocycles. The number of allylic oxidation sites excluding steroid dienone is 6. The van der Waals surface area contributed by atoms with Crippen LogP contribution >= 0.6 is 0 Å². The van der Waals surface area contributed by atoms with Gasteiger partial charge in [-0.05, 0) is 87.4 Å². The van der Waals surface area contributed by atoms with Crippen molar-refractivity contribution in [1.29, 1.82) is 0 Å². The van der Waals surface area contributed by atoms with Crippen molar-refractivity contribution in [2.24, 2.45) is 0 Å². The van der Waals surface area contributed by atoms with Gasteiger partial charge >= 0.3 is 0 Å². The van der Waals surface area contributed by atoms with Gasteiger partial charge in [0.15, 0.2) is 0 Å². The van der Waals surface area contributed by atoms with Gasteiger partial charge in [0.25, 0.3) is 0 Å². The lowest BCUT2D eigenvalue weighted by molar-refractivity contribution is 0.217. The van der Waals surface area contributed by atoms with Crippen LogP contribution in [0.15, 0.2) is 29.9 Å². The molecule has 0 radical (unpaired) electrons. The summed E-state index contributed by atoms with van der Waals surface area (Å²) in [6, 6.07) is 0. The molecular weight excluding hydrogens is 292 g/mol. The third-order valence-electron chi connectivity index (χ3n) is 5.25. The highest BCUT2D eigenvalue weighted by molar-refractivity contribution is 5.74. The molecule has 0 unspecified atom stereocenters. The average Bonchev–Trinajstić information content (AvgIpc) is 2.52. The molecule has 1 rings (SSSR count). The van der Waals surface area contributed by atoms with E-state index in [1.807, 2.05) is 0 Å². The summed E-state index contributed by atoms with van der Waals surface area (Å²) in [7, 11) is 0. The van der Waals surface area contributed by atoms with Crippen molar-refractivity contribution < 1.29 is 5.11 Å². The van der Waals surface area contributed by atoms with Crippen LogP contribution < -0.4 is 0 Å². The van der Waals surface area contributed by atoms with E-state index in [0.29, 0.717) is 0 Å². The Bertz CT molecular complexity index is 697. The van der Waals surface area contributed by atoms with Crippen LogP contribution in [0.25, 0.3) is 5.57 Å². The van der Waals surface area contributed by atoms with E-state index in [1.54, 1.807) is 0 Å². The van der Waals surface area contributed by atoms with Crippen molar-refractivity contribution >= 4 is 5.57 Å². The molecule has 0 spiro atoms. The van der Waals surface area contributed by atoms with Gasteiger partial charge in [-0.2, -0.15) is 0 Å². The van der Waals surface area contributed by atoms with E-state index in [2.05, 4.69) is 86.6 Å². The molecule has 0 atom stereocenters. The number of rotatable bonds is 5. The lowest BCUT2D eigenvalue weighted by Gasteiger charge is -2.31. The van der Waals surface area contributed by atoms with Gasteiger partial charge in [0.1, 0.15) is 0 Å². The maximum Gasteiger partial charge on any atom is 0.0522 e. The largest absolute Gasteiger partial charge is 0.395 e. The Morgan fingerprint density at radius 3 is 2.04 bits per heavy atom. The fourth-order valence-electron chi connectivity index (χ4n) is 3.55. The number of aliphatic hydroxyl groups is 1. The molecule has 1 heteroatoms. The summed E-state index contributed by atoms with van der Waals surface area (Å²) in [4.78, 5) is 0. The molecule has 0 aliphatic heterocycles. The normalized spacial score (nSPS) is 13.9. The molecule has 0 saturated carbocycles. The minimum atomic E-state index is -0.237. The van der Waals surface area contributed by atoms with Gasteiger partial charge in [-0.3, -0.25) is 0 Å². The zero-order chi connectivity index (χ0) is 18.7. The van der Waals surface area contributed by atoms with Crippen molar-refractivity contribution in [1.82, 2.24) is 0 Å². The first-order valence-electron chi connectivity index (χ1n) is 8.78. The lowest BCUT2D eigenvalue weighted by atomic mass is 9.75. The predicted octanol–water partition coefficient (Wildman–Crippen LogP) is 6.12. The molecule has 0 aliphatic carbocycles. The van der Waals surface area contributed by atoms with Crippen molar-refractivity contribution in [3.05, 3.63) is 63.3 Å². The summed E-state index contributed by atoms with van der Waals surface area (Å²) < 4.78 is 0. The average molecular weight is 327 g/mol. The molecule has 0 fully saturated rings. The van der Waals surface area contributed by atoms with Gasteiger partial charge in [0.2, 0.25) is 0 Å². The van der Waals surface area contributed by atoms with Gasteiger partial charge in [0, 0.05) is 5.41 Å². The summed E-state index contributed by atoms with van der Waals surface area (Å²) in [6.07, 6.45) is 8.55. The van der Waals surface area contributed by atoms with E-state index in [4.69, 9.17) is 0 Å². The van der Waals surface area contributed by atoms with Gasteiger partial charge in [-0.25, -0.2) is 0 Å². The molecule has 0 aromatic heterocycles. The van der Waals surface area contributed by atoms with Crippen LogP contribution in [0.2, 0.25) is 0 Å². The standard InChI is InChI=1S/C23H34O/c1-10-15(2)12-11-13-16(3)21-18(5)17(4)19(6)22(20(21)7)23(8,9)14-24/h10-13,24H,14H2,1-9H3/b12-11+,15-10+,16-13+. The molecule has 0 amide bonds. The van der Waals surface area contributed by atoms with Crippen LogP contribution in [0.3, 0.4) is 0 Å². The Morgan fingerprint density at radius 1 is 0.958 bits per heavy atom. The Balaban J connectivity index is 3.60. The maximum absolute atomic E-state index is 9.88. The monoisotopic (exact) mass is 326 g/mol. The number of aliphatic hydroxyl groups excluding tert-OH is 1. The minimum Gasteiger partial charge on any atom is -0.395 e. The smallest absolute Gasteiger partial charge is 0.0522 e. The second kappa shape index (κ2) is 7.98. The van der Waals surface area contributed by atoms with Crippen LogP contribution in [-0.2, 0) is 5.41 Å². The van der Waals surface area contributed by atoms with Gasteiger partial charge in [-0.15, -0.1) is 0 Å². The van der Waals surface area contributed by atoms with Crippen LogP contribution in [-0.4, -0.2) is 11.7 Å².